The number of nitro benzene ring substituents is 1. The van der Waals surface area contributed by atoms with Gasteiger partial charge in [-0.15, -0.1) is 0 Å². The lowest BCUT2D eigenvalue weighted by Gasteiger charge is -2.21. The summed E-state index contributed by atoms with van der Waals surface area (Å²) in [6.45, 7) is 3.74. The predicted octanol–water partition coefficient (Wildman–Crippen LogP) is 2.08. The molecule has 0 bridgehead atoms. The third-order valence-corrected chi connectivity index (χ3v) is 2.72. The third-order valence-electron chi connectivity index (χ3n) is 2.72. The van der Waals surface area contributed by atoms with Crippen molar-refractivity contribution >= 4 is 11.6 Å². The van der Waals surface area contributed by atoms with Gasteiger partial charge in [-0.2, -0.15) is 0 Å². The van der Waals surface area contributed by atoms with Gasteiger partial charge in [0, 0.05) is 24.7 Å². The number of nitro groups is 1. The Kier molecular flexibility index (Phi) is 4.25. The molecule has 18 heavy (non-hydrogen) atoms. The first kappa shape index (κ1) is 14.0. The second-order valence-corrected chi connectivity index (χ2v) is 4.15. The minimum atomic E-state index is -0.564. The van der Waals surface area contributed by atoms with E-state index in [2.05, 4.69) is 0 Å². The van der Waals surface area contributed by atoms with E-state index >= 15 is 0 Å². The maximum absolute atomic E-state index is 12.0. The quantitative estimate of drug-likeness (QED) is 0.607. The van der Waals surface area contributed by atoms with E-state index in [9.17, 15) is 14.9 Å². The van der Waals surface area contributed by atoms with Gasteiger partial charge < -0.3 is 9.64 Å². The summed E-state index contributed by atoms with van der Waals surface area (Å²) in [7, 11) is 3.01. The first-order chi connectivity index (χ1) is 8.38. The SMILES string of the molecule is COc1ccc(C(=O)N(C)C(C)C)cc1[N+](=O)[O-]. The van der Waals surface area contributed by atoms with Gasteiger partial charge in [-0.1, -0.05) is 0 Å². The molecule has 98 valence electrons. The molecule has 0 aromatic heterocycles. The standard InChI is InChI=1S/C12H16N2O4/c1-8(2)13(3)12(15)9-5-6-11(18-4)10(7-9)14(16)17/h5-8H,1-4H3. The summed E-state index contributed by atoms with van der Waals surface area (Å²) in [5, 5.41) is 10.9. The lowest BCUT2D eigenvalue weighted by Crippen LogP contribution is -2.32. The van der Waals surface area contributed by atoms with Crippen molar-refractivity contribution in [3.05, 3.63) is 33.9 Å². The lowest BCUT2D eigenvalue weighted by atomic mass is 10.1. The van der Waals surface area contributed by atoms with Gasteiger partial charge >= 0.3 is 5.69 Å². The molecule has 0 N–H and O–H groups in total. The van der Waals surface area contributed by atoms with Gasteiger partial charge in [0.25, 0.3) is 5.91 Å². The van der Waals surface area contributed by atoms with Gasteiger partial charge in [0.15, 0.2) is 5.75 Å². The van der Waals surface area contributed by atoms with E-state index < -0.39 is 4.92 Å². The topological polar surface area (TPSA) is 72.7 Å². The zero-order chi connectivity index (χ0) is 13.9. The van der Waals surface area contributed by atoms with Crippen LogP contribution in [0.3, 0.4) is 0 Å². The Morgan fingerprint density at radius 1 is 1.44 bits per heavy atom. The highest BCUT2D eigenvalue weighted by molar-refractivity contribution is 5.95. The maximum Gasteiger partial charge on any atom is 0.311 e. The van der Waals surface area contributed by atoms with E-state index in [1.165, 1.54) is 30.2 Å². The van der Waals surface area contributed by atoms with Crippen LogP contribution in [0.25, 0.3) is 0 Å². The van der Waals surface area contributed by atoms with Crippen molar-refractivity contribution in [2.45, 2.75) is 19.9 Å². The number of amides is 1. The molecule has 0 fully saturated rings. The van der Waals surface area contributed by atoms with Gasteiger partial charge in [0.05, 0.1) is 12.0 Å². The summed E-state index contributed by atoms with van der Waals surface area (Å²) in [6.07, 6.45) is 0. The first-order valence-corrected chi connectivity index (χ1v) is 5.48. The van der Waals surface area contributed by atoms with Crippen LogP contribution in [0.5, 0.6) is 5.75 Å². The van der Waals surface area contributed by atoms with Crippen LogP contribution in [0.15, 0.2) is 18.2 Å². The molecule has 1 amide bonds. The molecule has 0 saturated heterocycles. The Bertz CT molecular complexity index is 471. The highest BCUT2D eigenvalue weighted by Crippen LogP contribution is 2.28. The fourth-order valence-electron chi connectivity index (χ4n) is 1.40. The van der Waals surface area contributed by atoms with Gasteiger partial charge in [-0.3, -0.25) is 14.9 Å². The number of rotatable bonds is 4. The van der Waals surface area contributed by atoms with Crippen LogP contribution in [0.1, 0.15) is 24.2 Å². The van der Waals surface area contributed by atoms with Crippen molar-refractivity contribution in [2.75, 3.05) is 14.2 Å². The van der Waals surface area contributed by atoms with Gasteiger partial charge in [-0.05, 0) is 26.0 Å². The summed E-state index contributed by atoms with van der Waals surface area (Å²) in [4.78, 5) is 23.8. The summed E-state index contributed by atoms with van der Waals surface area (Å²) in [6, 6.07) is 4.21. The Hall–Kier alpha value is -2.11. The summed E-state index contributed by atoms with van der Waals surface area (Å²) >= 11 is 0. The second-order valence-electron chi connectivity index (χ2n) is 4.15. The number of nitrogens with zero attached hydrogens (tertiary/aromatic N) is 2. The van der Waals surface area contributed by atoms with Crippen molar-refractivity contribution < 1.29 is 14.5 Å². The molecule has 0 spiro atoms. The fraction of sp³-hybridized carbons (Fsp3) is 0.417. The van der Waals surface area contributed by atoms with Crippen LogP contribution >= 0.6 is 0 Å². The maximum atomic E-state index is 12.0. The van der Waals surface area contributed by atoms with Crippen LogP contribution in [0.4, 0.5) is 5.69 Å². The number of hydrogen-bond donors (Lipinski definition) is 0. The van der Waals surface area contributed by atoms with Crippen LogP contribution in [-0.2, 0) is 0 Å². The molecule has 1 aromatic rings. The Morgan fingerprint density at radius 3 is 2.50 bits per heavy atom. The number of benzene rings is 1. The van der Waals surface area contributed by atoms with Crippen molar-refractivity contribution in [2.24, 2.45) is 0 Å². The van der Waals surface area contributed by atoms with Crippen molar-refractivity contribution in [3.63, 3.8) is 0 Å². The van der Waals surface area contributed by atoms with E-state index in [0.717, 1.165) is 0 Å². The molecule has 6 heteroatoms. The van der Waals surface area contributed by atoms with Crippen molar-refractivity contribution in [1.29, 1.82) is 0 Å². The lowest BCUT2D eigenvalue weighted by molar-refractivity contribution is -0.385. The third kappa shape index (κ3) is 2.77. The van der Waals surface area contributed by atoms with E-state index in [0.29, 0.717) is 0 Å². The summed E-state index contributed by atoms with van der Waals surface area (Å²) < 4.78 is 4.88. The molecule has 0 aliphatic heterocycles. The molecular weight excluding hydrogens is 236 g/mol. The van der Waals surface area contributed by atoms with Gasteiger partial charge in [0.1, 0.15) is 0 Å². The molecule has 1 aromatic carbocycles. The molecule has 0 saturated carbocycles. The fourth-order valence-corrected chi connectivity index (χ4v) is 1.40. The Balaban J connectivity index is 3.16. The zero-order valence-electron chi connectivity index (χ0n) is 10.8. The second kappa shape index (κ2) is 5.48. The minimum absolute atomic E-state index is 0.0265. The average molecular weight is 252 g/mol. The van der Waals surface area contributed by atoms with Gasteiger partial charge in [-0.25, -0.2) is 0 Å². The predicted molar refractivity (Wildman–Crippen MR) is 66.9 cm³/mol. The molecule has 6 nitrogen and oxygen atoms in total. The largest absolute Gasteiger partial charge is 0.490 e. The molecule has 0 heterocycles. The van der Waals surface area contributed by atoms with Crippen molar-refractivity contribution in [1.82, 2.24) is 4.90 Å². The molecular formula is C12H16N2O4. The smallest absolute Gasteiger partial charge is 0.311 e. The number of methoxy groups -OCH3 is 1. The zero-order valence-corrected chi connectivity index (χ0v) is 10.8. The Labute approximate surface area is 105 Å². The molecule has 1 rings (SSSR count). The molecule has 0 atom stereocenters. The normalized spacial score (nSPS) is 10.3. The average Bonchev–Trinajstić information content (AvgIpc) is 2.35. The van der Waals surface area contributed by atoms with Crippen molar-refractivity contribution in [3.8, 4) is 5.75 Å². The van der Waals surface area contributed by atoms with E-state index in [4.69, 9.17) is 4.74 Å². The monoisotopic (exact) mass is 252 g/mol. The summed E-state index contributed by atoms with van der Waals surface area (Å²) in [5.41, 5.74) is 0.0687. The van der Waals surface area contributed by atoms with Crippen LogP contribution in [-0.4, -0.2) is 35.9 Å². The van der Waals surface area contributed by atoms with E-state index in [1.54, 1.807) is 7.05 Å². The molecule has 0 unspecified atom stereocenters. The Morgan fingerprint density at radius 2 is 2.06 bits per heavy atom. The molecule has 0 aliphatic carbocycles. The van der Waals surface area contributed by atoms with Crippen LogP contribution in [0, 0.1) is 10.1 Å². The highest BCUT2D eigenvalue weighted by Gasteiger charge is 2.20. The summed E-state index contributed by atoms with van der Waals surface area (Å²) in [5.74, 6) is -0.112. The highest BCUT2D eigenvalue weighted by atomic mass is 16.6. The van der Waals surface area contributed by atoms with E-state index in [-0.39, 0.29) is 28.9 Å². The first-order valence-electron chi connectivity index (χ1n) is 5.48. The minimum Gasteiger partial charge on any atom is -0.490 e. The van der Waals surface area contributed by atoms with Crippen LogP contribution < -0.4 is 4.74 Å². The van der Waals surface area contributed by atoms with E-state index in [1.807, 2.05) is 13.8 Å². The number of carbonyl (C=O) groups excluding carboxylic acids is 1. The van der Waals surface area contributed by atoms with Crippen LogP contribution in [0.2, 0.25) is 0 Å². The number of carbonyl (C=O) groups is 1. The number of ether oxygens (including phenoxy) is 1. The van der Waals surface area contributed by atoms with Gasteiger partial charge in [0.2, 0.25) is 0 Å². The molecule has 0 aliphatic rings. The number of hydrogen-bond acceptors (Lipinski definition) is 4. The molecule has 0 radical (unpaired) electrons.